The SMILES string of the molecule is Cc1cccc2cc(CNc3ncnc(N)n3)c(N3CCNC(=O)C3)nc12. The van der Waals surface area contributed by atoms with E-state index in [1.54, 1.807) is 0 Å². The summed E-state index contributed by atoms with van der Waals surface area (Å²) >= 11 is 0. The van der Waals surface area contributed by atoms with E-state index in [-0.39, 0.29) is 18.4 Å². The molecule has 0 atom stereocenters. The number of amides is 1. The first-order valence-electron chi connectivity index (χ1n) is 8.69. The number of carbonyl (C=O) groups excluding carboxylic acids is 1. The van der Waals surface area contributed by atoms with Gasteiger partial charge in [0.15, 0.2) is 0 Å². The molecule has 9 heteroatoms. The summed E-state index contributed by atoms with van der Waals surface area (Å²) in [4.78, 5) is 30.7. The first kappa shape index (κ1) is 17.0. The summed E-state index contributed by atoms with van der Waals surface area (Å²) < 4.78 is 0. The number of benzene rings is 1. The van der Waals surface area contributed by atoms with Crippen LogP contribution in [-0.4, -0.2) is 45.5 Å². The lowest BCUT2D eigenvalue weighted by Gasteiger charge is -2.29. The summed E-state index contributed by atoms with van der Waals surface area (Å²) in [6.45, 7) is 4.09. The van der Waals surface area contributed by atoms with Gasteiger partial charge in [-0.2, -0.15) is 4.98 Å². The van der Waals surface area contributed by atoms with Crippen molar-refractivity contribution in [3.8, 4) is 0 Å². The third-order valence-electron chi connectivity index (χ3n) is 4.47. The van der Waals surface area contributed by atoms with Gasteiger partial charge in [0.1, 0.15) is 12.1 Å². The number of carbonyl (C=O) groups is 1. The van der Waals surface area contributed by atoms with Crippen molar-refractivity contribution in [3.05, 3.63) is 41.7 Å². The minimum atomic E-state index is -0.00270. The Morgan fingerprint density at radius 3 is 3.00 bits per heavy atom. The van der Waals surface area contributed by atoms with E-state index in [1.165, 1.54) is 6.33 Å². The van der Waals surface area contributed by atoms with Gasteiger partial charge < -0.3 is 21.3 Å². The molecule has 3 heterocycles. The van der Waals surface area contributed by atoms with E-state index < -0.39 is 0 Å². The van der Waals surface area contributed by atoms with Crippen molar-refractivity contribution in [2.24, 2.45) is 0 Å². The standard InChI is InChI=1S/C18H20N8O/c1-11-3-2-4-12-7-13(8-21-18-23-10-22-17(19)25-18)16(24-15(11)12)26-6-5-20-14(27)9-26/h2-4,7,10H,5-6,8-9H2,1H3,(H,20,27)(H3,19,21,22,23,25). The number of hydrogen-bond donors (Lipinski definition) is 3. The lowest BCUT2D eigenvalue weighted by atomic mass is 10.1. The maximum absolute atomic E-state index is 11.9. The summed E-state index contributed by atoms with van der Waals surface area (Å²) in [7, 11) is 0. The quantitative estimate of drug-likeness (QED) is 0.623. The molecular weight excluding hydrogens is 344 g/mol. The van der Waals surface area contributed by atoms with Gasteiger partial charge in [0.05, 0.1) is 12.1 Å². The minimum absolute atomic E-state index is 0.00270. The summed E-state index contributed by atoms with van der Waals surface area (Å²) in [6.07, 6.45) is 1.36. The number of anilines is 3. The number of aromatic nitrogens is 4. The molecule has 4 N–H and O–H groups in total. The fraction of sp³-hybridized carbons (Fsp3) is 0.278. The molecule has 1 aromatic carbocycles. The second-order valence-corrected chi connectivity index (χ2v) is 6.41. The molecule has 1 amide bonds. The fourth-order valence-electron chi connectivity index (χ4n) is 3.17. The Balaban J connectivity index is 1.72. The van der Waals surface area contributed by atoms with Crippen LogP contribution in [0.15, 0.2) is 30.6 Å². The van der Waals surface area contributed by atoms with Gasteiger partial charge in [0, 0.05) is 30.6 Å². The first-order chi connectivity index (χ1) is 13.1. The average Bonchev–Trinajstić information content (AvgIpc) is 2.66. The molecule has 1 saturated heterocycles. The van der Waals surface area contributed by atoms with Gasteiger partial charge in [-0.15, -0.1) is 0 Å². The number of pyridine rings is 1. The summed E-state index contributed by atoms with van der Waals surface area (Å²) in [5.74, 6) is 1.35. The zero-order valence-corrected chi connectivity index (χ0v) is 14.9. The molecule has 9 nitrogen and oxygen atoms in total. The van der Waals surface area contributed by atoms with Crippen LogP contribution in [0.1, 0.15) is 11.1 Å². The second kappa shape index (κ2) is 7.02. The Hall–Kier alpha value is -3.49. The monoisotopic (exact) mass is 364 g/mol. The lowest BCUT2D eigenvalue weighted by Crippen LogP contribution is -2.48. The van der Waals surface area contributed by atoms with Crippen LogP contribution in [0.25, 0.3) is 10.9 Å². The van der Waals surface area contributed by atoms with Crippen LogP contribution in [0.4, 0.5) is 17.7 Å². The molecule has 27 heavy (non-hydrogen) atoms. The van der Waals surface area contributed by atoms with E-state index in [2.05, 4.69) is 31.7 Å². The van der Waals surface area contributed by atoms with Crippen LogP contribution in [-0.2, 0) is 11.3 Å². The van der Waals surface area contributed by atoms with Crippen molar-refractivity contribution in [1.29, 1.82) is 0 Å². The highest BCUT2D eigenvalue weighted by Gasteiger charge is 2.21. The van der Waals surface area contributed by atoms with Gasteiger partial charge in [-0.05, 0) is 18.6 Å². The van der Waals surface area contributed by atoms with Crippen molar-refractivity contribution in [2.75, 3.05) is 35.6 Å². The zero-order chi connectivity index (χ0) is 18.8. The van der Waals surface area contributed by atoms with Crippen molar-refractivity contribution < 1.29 is 4.79 Å². The van der Waals surface area contributed by atoms with Crippen LogP contribution in [0, 0.1) is 6.92 Å². The number of aryl methyl sites for hydroxylation is 1. The molecular formula is C18H20N8O. The number of nitrogen functional groups attached to an aromatic ring is 1. The van der Waals surface area contributed by atoms with E-state index >= 15 is 0 Å². The summed E-state index contributed by atoms with van der Waals surface area (Å²) in [5.41, 5.74) is 8.61. The number of piperazine rings is 1. The van der Waals surface area contributed by atoms with Crippen molar-refractivity contribution in [3.63, 3.8) is 0 Å². The van der Waals surface area contributed by atoms with Crippen LogP contribution >= 0.6 is 0 Å². The van der Waals surface area contributed by atoms with Crippen LogP contribution in [0.3, 0.4) is 0 Å². The van der Waals surface area contributed by atoms with Crippen molar-refractivity contribution >= 4 is 34.5 Å². The van der Waals surface area contributed by atoms with Crippen molar-refractivity contribution in [1.82, 2.24) is 25.3 Å². The largest absolute Gasteiger partial charge is 0.368 e. The van der Waals surface area contributed by atoms with Gasteiger partial charge in [0.25, 0.3) is 0 Å². The molecule has 0 spiro atoms. The molecule has 1 aliphatic heterocycles. The van der Waals surface area contributed by atoms with Gasteiger partial charge in [0.2, 0.25) is 17.8 Å². The average molecular weight is 364 g/mol. The third-order valence-corrected chi connectivity index (χ3v) is 4.47. The van der Waals surface area contributed by atoms with Crippen LogP contribution < -0.4 is 21.3 Å². The van der Waals surface area contributed by atoms with Gasteiger partial charge in [-0.3, -0.25) is 4.79 Å². The highest BCUT2D eigenvalue weighted by atomic mass is 16.2. The van der Waals surface area contributed by atoms with Gasteiger partial charge >= 0.3 is 0 Å². The number of rotatable bonds is 4. The zero-order valence-electron chi connectivity index (χ0n) is 14.9. The van der Waals surface area contributed by atoms with E-state index in [4.69, 9.17) is 10.7 Å². The predicted molar refractivity (Wildman–Crippen MR) is 103 cm³/mol. The number of hydrogen-bond acceptors (Lipinski definition) is 8. The highest BCUT2D eigenvalue weighted by Crippen LogP contribution is 2.26. The molecule has 1 aliphatic rings. The predicted octanol–water partition coefficient (Wildman–Crippen LogP) is 0.859. The van der Waals surface area contributed by atoms with E-state index in [0.29, 0.717) is 25.6 Å². The van der Waals surface area contributed by atoms with E-state index in [1.807, 2.05) is 30.0 Å². The van der Waals surface area contributed by atoms with Crippen LogP contribution in [0.5, 0.6) is 0 Å². The molecule has 4 rings (SSSR count). The smallest absolute Gasteiger partial charge is 0.239 e. The molecule has 2 aromatic heterocycles. The van der Waals surface area contributed by atoms with Gasteiger partial charge in [-0.1, -0.05) is 18.2 Å². The Morgan fingerprint density at radius 1 is 1.30 bits per heavy atom. The number of nitrogens with two attached hydrogens (primary N) is 1. The minimum Gasteiger partial charge on any atom is -0.368 e. The number of para-hydroxylation sites is 1. The fourth-order valence-corrected chi connectivity index (χ4v) is 3.17. The maximum atomic E-state index is 11.9. The van der Waals surface area contributed by atoms with E-state index in [0.717, 1.165) is 27.8 Å². The molecule has 0 radical (unpaired) electrons. The Morgan fingerprint density at radius 2 is 2.19 bits per heavy atom. The Labute approximate surface area is 156 Å². The molecule has 0 saturated carbocycles. The van der Waals surface area contributed by atoms with Gasteiger partial charge in [-0.25, -0.2) is 15.0 Å². The molecule has 0 bridgehead atoms. The molecule has 3 aromatic rings. The molecule has 0 unspecified atom stereocenters. The topological polar surface area (TPSA) is 122 Å². The molecule has 138 valence electrons. The van der Waals surface area contributed by atoms with E-state index in [9.17, 15) is 4.79 Å². The van der Waals surface area contributed by atoms with Crippen molar-refractivity contribution in [2.45, 2.75) is 13.5 Å². The highest BCUT2D eigenvalue weighted by molar-refractivity contribution is 5.87. The number of nitrogens with one attached hydrogen (secondary N) is 2. The molecule has 1 fully saturated rings. The Bertz CT molecular complexity index is 1010. The third kappa shape index (κ3) is 3.57. The maximum Gasteiger partial charge on any atom is 0.239 e. The summed E-state index contributed by atoms with van der Waals surface area (Å²) in [5, 5.41) is 7.06. The Kier molecular flexibility index (Phi) is 4.41. The molecule has 0 aliphatic carbocycles. The summed E-state index contributed by atoms with van der Waals surface area (Å²) in [6, 6.07) is 8.17. The second-order valence-electron chi connectivity index (χ2n) is 6.41. The number of fused-ring (bicyclic) bond motifs is 1. The normalized spacial score (nSPS) is 14.3. The first-order valence-corrected chi connectivity index (χ1v) is 8.69. The van der Waals surface area contributed by atoms with Crippen LogP contribution in [0.2, 0.25) is 0 Å². The lowest BCUT2D eigenvalue weighted by molar-refractivity contribution is -0.120. The number of nitrogens with zero attached hydrogens (tertiary/aromatic N) is 5.